The standard InChI is InChI=1S/C16H18N2O3S/c1-3-5-13(16(20)21)18-15(19)11-7-8-12(17-10(11)2)14-6-4-9-22-14/h4,6-9,13H,3,5H2,1-2H3,(H,18,19)(H,20,21). The number of amides is 1. The monoisotopic (exact) mass is 318 g/mol. The quantitative estimate of drug-likeness (QED) is 0.857. The molecule has 0 aliphatic heterocycles. The van der Waals surface area contributed by atoms with Gasteiger partial charge in [-0.25, -0.2) is 4.79 Å². The predicted octanol–water partition coefficient (Wildman–Crippen LogP) is 3.10. The first kappa shape index (κ1) is 16.2. The summed E-state index contributed by atoms with van der Waals surface area (Å²) < 4.78 is 0. The van der Waals surface area contributed by atoms with Crippen LogP contribution in [0.2, 0.25) is 0 Å². The second-order valence-electron chi connectivity index (χ2n) is 4.96. The summed E-state index contributed by atoms with van der Waals surface area (Å²) in [6.45, 7) is 3.63. The van der Waals surface area contributed by atoms with Crippen LogP contribution in [0.25, 0.3) is 10.6 Å². The van der Waals surface area contributed by atoms with Gasteiger partial charge in [0.25, 0.3) is 5.91 Å². The molecule has 0 aliphatic rings. The molecule has 0 saturated heterocycles. The third kappa shape index (κ3) is 3.71. The van der Waals surface area contributed by atoms with Crippen LogP contribution in [-0.2, 0) is 4.79 Å². The number of aryl methyl sites for hydroxylation is 1. The lowest BCUT2D eigenvalue weighted by atomic mass is 10.1. The highest BCUT2D eigenvalue weighted by atomic mass is 32.1. The summed E-state index contributed by atoms with van der Waals surface area (Å²) in [6.07, 6.45) is 1.09. The van der Waals surface area contributed by atoms with Crippen LogP contribution in [0.1, 0.15) is 35.8 Å². The summed E-state index contributed by atoms with van der Waals surface area (Å²) in [5.74, 6) is -1.42. The topological polar surface area (TPSA) is 79.3 Å². The number of hydrogen-bond donors (Lipinski definition) is 2. The Morgan fingerprint density at radius 2 is 2.14 bits per heavy atom. The lowest BCUT2D eigenvalue weighted by molar-refractivity contribution is -0.139. The summed E-state index contributed by atoms with van der Waals surface area (Å²) in [5.41, 5.74) is 1.80. The number of nitrogens with zero attached hydrogens (tertiary/aromatic N) is 1. The van der Waals surface area contributed by atoms with Crippen molar-refractivity contribution in [3.63, 3.8) is 0 Å². The van der Waals surface area contributed by atoms with Gasteiger partial charge in [0.15, 0.2) is 0 Å². The maximum atomic E-state index is 12.2. The number of nitrogens with one attached hydrogen (secondary N) is 1. The number of rotatable bonds is 6. The molecule has 2 N–H and O–H groups in total. The van der Waals surface area contributed by atoms with E-state index in [4.69, 9.17) is 5.11 Å². The Morgan fingerprint density at radius 3 is 2.68 bits per heavy atom. The van der Waals surface area contributed by atoms with Crippen molar-refractivity contribution in [1.29, 1.82) is 0 Å². The molecule has 1 unspecified atom stereocenters. The first-order chi connectivity index (χ1) is 10.5. The minimum absolute atomic E-state index is 0.399. The lowest BCUT2D eigenvalue weighted by Crippen LogP contribution is -2.40. The van der Waals surface area contributed by atoms with E-state index in [1.807, 2.05) is 24.4 Å². The summed E-state index contributed by atoms with van der Waals surface area (Å²) in [7, 11) is 0. The van der Waals surface area contributed by atoms with E-state index in [1.54, 1.807) is 30.4 Å². The van der Waals surface area contributed by atoms with Crippen LogP contribution in [0.4, 0.5) is 0 Å². The zero-order chi connectivity index (χ0) is 16.1. The number of carbonyl (C=O) groups excluding carboxylic acids is 1. The van der Waals surface area contributed by atoms with Crippen LogP contribution in [0.5, 0.6) is 0 Å². The van der Waals surface area contributed by atoms with Gasteiger partial charge < -0.3 is 10.4 Å². The molecule has 0 saturated carbocycles. The first-order valence-corrected chi connectivity index (χ1v) is 7.96. The summed E-state index contributed by atoms with van der Waals surface area (Å²) in [6, 6.07) is 6.52. The molecule has 6 heteroatoms. The summed E-state index contributed by atoms with van der Waals surface area (Å²) >= 11 is 1.58. The van der Waals surface area contributed by atoms with Crippen molar-refractivity contribution in [3.05, 3.63) is 40.9 Å². The van der Waals surface area contributed by atoms with Crippen molar-refractivity contribution < 1.29 is 14.7 Å². The normalized spacial score (nSPS) is 11.9. The number of carbonyl (C=O) groups is 2. The fraction of sp³-hybridized carbons (Fsp3) is 0.312. The van der Waals surface area contributed by atoms with E-state index in [0.717, 1.165) is 10.6 Å². The van der Waals surface area contributed by atoms with Gasteiger partial charge in [-0.1, -0.05) is 19.4 Å². The van der Waals surface area contributed by atoms with Gasteiger partial charge >= 0.3 is 5.97 Å². The Kier molecular flexibility index (Phi) is 5.27. The third-order valence-electron chi connectivity index (χ3n) is 3.28. The van der Waals surface area contributed by atoms with Crippen LogP contribution in [0, 0.1) is 6.92 Å². The zero-order valence-corrected chi connectivity index (χ0v) is 13.3. The molecular formula is C16H18N2O3S. The number of thiophene rings is 1. The molecule has 0 spiro atoms. The Balaban J connectivity index is 2.18. The van der Waals surface area contributed by atoms with E-state index < -0.39 is 17.9 Å². The number of carboxylic acid groups (broad SMARTS) is 1. The minimum atomic E-state index is -1.02. The number of hydrogen-bond acceptors (Lipinski definition) is 4. The summed E-state index contributed by atoms with van der Waals surface area (Å²) in [5, 5.41) is 13.6. The van der Waals surface area contributed by atoms with Crippen molar-refractivity contribution in [2.75, 3.05) is 0 Å². The maximum Gasteiger partial charge on any atom is 0.326 e. The molecule has 2 rings (SSSR count). The molecule has 22 heavy (non-hydrogen) atoms. The fourth-order valence-corrected chi connectivity index (χ4v) is 2.84. The van der Waals surface area contributed by atoms with Crippen molar-refractivity contribution in [2.24, 2.45) is 0 Å². The molecule has 0 radical (unpaired) electrons. The molecule has 0 aliphatic carbocycles. The molecule has 1 amide bonds. The Bertz CT molecular complexity index is 668. The smallest absolute Gasteiger partial charge is 0.326 e. The van der Waals surface area contributed by atoms with Gasteiger partial charge in [-0.05, 0) is 36.9 Å². The molecule has 5 nitrogen and oxygen atoms in total. The number of pyridine rings is 1. The van der Waals surface area contributed by atoms with E-state index in [2.05, 4.69) is 10.3 Å². The molecule has 2 heterocycles. The fourth-order valence-electron chi connectivity index (χ4n) is 2.14. The molecule has 1 atom stereocenters. The zero-order valence-electron chi connectivity index (χ0n) is 12.5. The predicted molar refractivity (Wildman–Crippen MR) is 86.1 cm³/mol. The highest BCUT2D eigenvalue weighted by Crippen LogP contribution is 2.23. The Labute approximate surface area is 133 Å². The van der Waals surface area contributed by atoms with Crippen LogP contribution in [-0.4, -0.2) is 28.0 Å². The third-order valence-corrected chi connectivity index (χ3v) is 4.18. The number of aliphatic carboxylic acids is 1. The van der Waals surface area contributed by atoms with Crippen LogP contribution < -0.4 is 5.32 Å². The molecule has 0 aromatic carbocycles. The average Bonchev–Trinajstić information content (AvgIpc) is 3.00. The second kappa shape index (κ2) is 7.17. The highest BCUT2D eigenvalue weighted by molar-refractivity contribution is 7.13. The van der Waals surface area contributed by atoms with Gasteiger partial charge in [0, 0.05) is 0 Å². The molecule has 0 fully saturated rings. The molecular weight excluding hydrogens is 300 g/mol. The van der Waals surface area contributed by atoms with Gasteiger partial charge in [0.05, 0.1) is 21.8 Å². The Morgan fingerprint density at radius 1 is 1.36 bits per heavy atom. The second-order valence-corrected chi connectivity index (χ2v) is 5.91. The van der Waals surface area contributed by atoms with Gasteiger partial charge in [0.1, 0.15) is 6.04 Å². The number of carboxylic acids is 1. The largest absolute Gasteiger partial charge is 0.480 e. The van der Waals surface area contributed by atoms with Crippen molar-refractivity contribution in [2.45, 2.75) is 32.7 Å². The van der Waals surface area contributed by atoms with Gasteiger partial charge in [-0.2, -0.15) is 0 Å². The highest BCUT2D eigenvalue weighted by Gasteiger charge is 2.21. The van der Waals surface area contributed by atoms with Crippen molar-refractivity contribution in [3.8, 4) is 10.6 Å². The maximum absolute atomic E-state index is 12.2. The number of aromatic nitrogens is 1. The molecule has 0 bridgehead atoms. The lowest BCUT2D eigenvalue weighted by Gasteiger charge is -2.14. The molecule has 2 aromatic rings. The summed E-state index contributed by atoms with van der Waals surface area (Å²) in [4.78, 5) is 28.8. The SMILES string of the molecule is CCCC(NC(=O)c1ccc(-c2cccs2)nc1C)C(=O)O. The van der Waals surface area contributed by atoms with E-state index in [-0.39, 0.29) is 0 Å². The van der Waals surface area contributed by atoms with Crippen molar-refractivity contribution >= 4 is 23.2 Å². The van der Waals surface area contributed by atoms with Gasteiger partial charge in [-0.15, -0.1) is 11.3 Å². The minimum Gasteiger partial charge on any atom is -0.480 e. The molecule has 2 aromatic heterocycles. The van der Waals surface area contributed by atoms with E-state index >= 15 is 0 Å². The van der Waals surface area contributed by atoms with E-state index in [1.165, 1.54) is 0 Å². The van der Waals surface area contributed by atoms with E-state index in [0.29, 0.717) is 24.1 Å². The van der Waals surface area contributed by atoms with E-state index in [9.17, 15) is 9.59 Å². The van der Waals surface area contributed by atoms with Gasteiger partial charge in [0.2, 0.25) is 0 Å². The van der Waals surface area contributed by atoms with Crippen LogP contribution in [0.3, 0.4) is 0 Å². The van der Waals surface area contributed by atoms with Crippen LogP contribution in [0.15, 0.2) is 29.6 Å². The van der Waals surface area contributed by atoms with Crippen molar-refractivity contribution in [1.82, 2.24) is 10.3 Å². The Hall–Kier alpha value is -2.21. The first-order valence-electron chi connectivity index (χ1n) is 7.08. The average molecular weight is 318 g/mol. The molecule has 116 valence electrons. The van der Waals surface area contributed by atoms with Crippen LogP contribution >= 0.6 is 11.3 Å². The van der Waals surface area contributed by atoms with Gasteiger partial charge in [-0.3, -0.25) is 9.78 Å².